The zero-order valence-corrected chi connectivity index (χ0v) is 19.5. The van der Waals surface area contributed by atoms with E-state index in [9.17, 15) is 14.4 Å². The smallest absolute Gasteiger partial charge is 0.260 e. The molecule has 4 aromatic rings. The number of imidazole rings is 1. The molecule has 9 heteroatoms. The third-order valence-corrected chi connectivity index (χ3v) is 6.89. The molecule has 0 unspecified atom stereocenters. The number of imide groups is 1. The lowest BCUT2D eigenvalue weighted by atomic mass is 10.1. The van der Waals surface area contributed by atoms with Gasteiger partial charge in [0.2, 0.25) is 11.8 Å². The van der Waals surface area contributed by atoms with Crippen molar-refractivity contribution in [3.8, 4) is 0 Å². The average Bonchev–Trinajstić information content (AvgIpc) is 3.57. The molecule has 34 heavy (non-hydrogen) atoms. The Hall–Kier alpha value is -3.85. The van der Waals surface area contributed by atoms with E-state index >= 15 is 0 Å². The maximum absolute atomic E-state index is 13.7. The van der Waals surface area contributed by atoms with Crippen molar-refractivity contribution in [2.45, 2.75) is 32.7 Å². The molecule has 0 aliphatic carbocycles. The zero-order valence-electron chi connectivity index (χ0n) is 18.7. The summed E-state index contributed by atoms with van der Waals surface area (Å²) in [6.45, 7) is 3.18. The molecule has 0 bridgehead atoms. The Morgan fingerprint density at radius 3 is 2.65 bits per heavy atom. The highest BCUT2D eigenvalue weighted by Crippen LogP contribution is 2.32. The minimum Gasteiger partial charge on any atom is -0.337 e. The number of thiazole rings is 1. The number of nitrogens with zero attached hydrogens (tertiary/aromatic N) is 5. The second kappa shape index (κ2) is 9.18. The van der Waals surface area contributed by atoms with Gasteiger partial charge < -0.3 is 4.57 Å². The second-order valence-corrected chi connectivity index (χ2v) is 9.21. The highest BCUT2D eigenvalue weighted by atomic mass is 32.1. The molecular weight excluding hydrogens is 450 g/mol. The minimum absolute atomic E-state index is 0.197. The number of carbonyl (C=O) groups excluding carboxylic acids is 3. The number of amides is 3. The molecule has 5 rings (SSSR count). The van der Waals surface area contributed by atoms with Gasteiger partial charge in [-0.05, 0) is 43.2 Å². The summed E-state index contributed by atoms with van der Waals surface area (Å²) in [4.78, 5) is 49.8. The first kappa shape index (κ1) is 22.0. The van der Waals surface area contributed by atoms with Crippen molar-refractivity contribution in [1.82, 2.24) is 14.5 Å². The molecule has 0 saturated carbocycles. The Balaban J connectivity index is 1.47. The van der Waals surface area contributed by atoms with E-state index in [1.54, 1.807) is 41.7 Å². The number of rotatable bonds is 7. The van der Waals surface area contributed by atoms with E-state index in [2.05, 4.69) is 4.98 Å². The number of benzene rings is 2. The molecular formula is C25H23N5O3S. The van der Waals surface area contributed by atoms with Crippen LogP contribution in [-0.2, 0) is 16.1 Å². The highest BCUT2D eigenvalue weighted by molar-refractivity contribution is 7.22. The Labute approximate surface area is 200 Å². The maximum atomic E-state index is 13.7. The lowest BCUT2D eigenvalue weighted by Gasteiger charge is -2.21. The van der Waals surface area contributed by atoms with Crippen LogP contribution >= 0.6 is 11.3 Å². The number of hydrogen-bond acceptors (Lipinski definition) is 6. The van der Waals surface area contributed by atoms with Gasteiger partial charge in [-0.3, -0.25) is 24.2 Å². The molecule has 1 aliphatic rings. The molecule has 0 spiro atoms. The lowest BCUT2D eigenvalue weighted by Crippen LogP contribution is -2.33. The molecule has 8 nitrogen and oxygen atoms in total. The van der Waals surface area contributed by atoms with Gasteiger partial charge in [0, 0.05) is 43.9 Å². The Morgan fingerprint density at radius 2 is 1.91 bits per heavy atom. The first-order chi connectivity index (χ1) is 16.5. The van der Waals surface area contributed by atoms with Crippen molar-refractivity contribution in [3.05, 3.63) is 72.3 Å². The van der Waals surface area contributed by atoms with E-state index in [1.165, 1.54) is 16.2 Å². The van der Waals surface area contributed by atoms with E-state index < -0.39 is 0 Å². The number of aryl methyl sites for hydroxylation is 2. The standard InChI is InChI=1S/C25H23N5O3S/c1-17-5-2-8-20-23(17)27-25(34-20)29(13-4-12-28-14-11-26-16-28)24(33)18-6-3-7-19(15-18)30-21(31)9-10-22(30)32/h2-3,5-8,11,14-16H,4,9-10,12-13H2,1H3. The molecule has 3 heterocycles. The largest absolute Gasteiger partial charge is 0.337 e. The highest BCUT2D eigenvalue weighted by Gasteiger charge is 2.31. The van der Waals surface area contributed by atoms with Gasteiger partial charge in [0.15, 0.2) is 5.13 Å². The summed E-state index contributed by atoms with van der Waals surface area (Å²) in [7, 11) is 0. The van der Waals surface area contributed by atoms with Gasteiger partial charge in [-0.1, -0.05) is 29.5 Å². The summed E-state index contributed by atoms with van der Waals surface area (Å²) in [6, 6.07) is 12.7. The van der Waals surface area contributed by atoms with Crippen molar-refractivity contribution in [2.75, 3.05) is 16.3 Å². The Kier molecular flexibility index (Phi) is 5.93. The number of para-hydroxylation sites is 1. The number of fused-ring (bicyclic) bond motifs is 1. The first-order valence-corrected chi connectivity index (χ1v) is 11.9. The first-order valence-electron chi connectivity index (χ1n) is 11.1. The fourth-order valence-electron chi connectivity index (χ4n) is 4.10. The predicted molar refractivity (Wildman–Crippen MR) is 131 cm³/mol. The van der Waals surface area contributed by atoms with Gasteiger partial charge in [-0.2, -0.15) is 0 Å². The summed E-state index contributed by atoms with van der Waals surface area (Å²) in [5.41, 5.74) is 2.77. The second-order valence-electron chi connectivity index (χ2n) is 8.20. The van der Waals surface area contributed by atoms with Crippen LogP contribution in [0.25, 0.3) is 10.2 Å². The van der Waals surface area contributed by atoms with Crippen molar-refractivity contribution in [1.29, 1.82) is 0 Å². The summed E-state index contributed by atoms with van der Waals surface area (Å²) < 4.78 is 2.99. The monoisotopic (exact) mass is 473 g/mol. The molecule has 172 valence electrons. The summed E-state index contributed by atoms with van der Waals surface area (Å²) in [5, 5.41) is 0.624. The van der Waals surface area contributed by atoms with Gasteiger partial charge in [0.25, 0.3) is 5.91 Å². The lowest BCUT2D eigenvalue weighted by molar-refractivity contribution is -0.121. The molecule has 1 saturated heterocycles. The SMILES string of the molecule is Cc1cccc2sc(N(CCCn3ccnc3)C(=O)c3cccc(N4C(=O)CCC4=O)c3)nc12. The van der Waals surface area contributed by atoms with Crippen LogP contribution in [0.1, 0.15) is 35.2 Å². The number of aromatic nitrogens is 3. The van der Waals surface area contributed by atoms with Gasteiger partial charge in [0.05, 0.1) is 22.2 Å². The Morgan fingerprint density at radius 1 is 1.12 bits per heavy atom. The van der Waals surface area contributed by atoms with Crippen LogP contribution in [0.4, 0.5) is 10.8 Å². The van der Waals surface area contributed by atoms with Crippen molar-refractivity contribution in [3.63, 3.8) is 0 Å². The van der Waals surface area contributed by atoms with Crippen LogP contribution in [0.2, 0.25) is 0 Å². The van der Waals surface area contributed by atoms with E-state index in [1.807, 2.05) is 35.9 Å². The molecule has 2 aromatic heterocycles. The Bertz CT molecular complexity index is 1360. The fourth-order valence-corrected chi connectivity index (χ4v) is 5.17. The zero-order chi connectivity index (χ0) is 23.7. The van der Waals surface area contributed by atoms with E-state index in [-0.39, 0.29) is 30.6 Å². The van der Waals surface area contributed by atoms with Crippen LogP contribution in [-0.4, -0.2) is 38.8 Å². The normalized spacial score (nSPS) is 13.7. The van der Waals surface area contributed by atoms with Crippen molar-refractivity contribution in [2.24, 2.45) is 0 Å². The number of hydrogen-bond donors (Lipinski definition) is 0. The van der Waals surface area contributed by atoms with Crippen LogP contribution in [0.15, 0.2) is 61.2 Å². The topological polar surface area (TPSA) is 88.4 Å². The van der Waals surface area contributed by atoms with Gasteiger partial charge in [-0.25, -0.2) is 9.97 Å². The van der Waals surface area contributed by atoms with Crippen molar-refractivity contribution >= 4 is 50.1 Å². The molecule has 0 radical (unpaired) electrons. The molecule has 3 amide bonds. The van der Waals surface area contributed by atoms with E-state index in [0.29, 0.717) is 35.9 Å². The third kappa shape index (κ3) is 4.22. The molecule has 0 atom stereocenters. The summed E-state index contributed by atoms with van der Waals surface area (Å²) >= 11 is 1.48. The average molecular weight is 474 g/mol. The molecule has 1 fully saturated rings. The molecule has 2 aromatic carbocycles. The quantitative estimate of drug-likeness (QED) is 0.376. The van der Waals surface area contributed by atoms with Crippen LogP contribution in [0.3, 0.4) is 0 Å². The van der Waals surface area contributed by atoms with Crippen LogP contribution in [0.5, 0.6) is 0 Å². The number of carbonyl (C=O) groups is 3. The minimum atomic E-state index is -0.242. The van der Waals surface area contributed by atoms with Gasteiger partial charge in [-0.15, -0.1) is 0 Å². The third-order valence-electron chi connectivity index (χ3n) is 5.85. The predicted octanol–water partition coefficient (Wildman–Crippen LogP) is 4.19. The fraction of sp³-hybridized carbons (Fsp3) is 0.240. The van der Waals surface area contributed by atoms with Gasteiger partial charge >= 0.3 is 0 Å². The summed E-state index contributed by atoms with van der Waals surface area (Å²) in [6.07, 6.45) is 6.47. The number of anilines is 2. The molecule has 0 N–H and O–H groups in total. The van der Waals surface area contributed by atoms with Crippen LogP contribution < -0.4 is 9.80 Å². The van der Waals surface area contributed by atoms with Crippen LogP contribution in [0, 0.1) is 6.92 Å². The molecule has 1 aliphatic heterocycles. The van der Waals surface area contributed by atoms with Gasteiger partial charge in [0.1, 0.15) is 0 Å². The maximum Gasteiger partial charge on any atom is 0.260 e. The van der Waals surface area contributed by atoms with E-state index in [0.717, 1.165) is 15.8 Å². The van der Waals surface area contributed by atoms with Crippen molar-refractivity contribution < 1.29 is 14.4 Å². The summed E-state index contributed by atoms with van der Waals surface area (Å²) in [5.74, 6) is -0.704. The van der Waals surface area contributed by atoms with E-state index in [4.69, 9.17) is 4.98 Å².